The van der Waals surface area contributed by atoms with Gasteiger partial charge in [-0.05, 0) is 13.0 Å². The Kier molecular flexibility index (Phi) is 3.73. The minimum Gasteiger partial charge on any atom is -0.504 e. The van der Waals surface area contributed by atoms with Gasteiger partial charge in [-0.3, -0.25) is 0 Å². The van der Waals surface area contributed by atoms with E-state index >= 15 is 0 Å². The molecule has 0 fully saturated rings. The molecule has 0 bridgehead atoms. The van der Waals surface area contributed by atoms with Crippen LogP contribution in [0, 0.1) is 0 Å². The van der Waals surface area contributed by atoms with E-state index in [-0.39, 0.29) is 12.3 Å². The maximum Gasteiger partial charge on any atom is 0.166 e. The quantitative estimate of drug-likeness (QED) is 0.666. The minimum atomic E-state index is -0.802. The summed E-state index contributed by atoms with van der Waals surface area (Å²) in [5.41, 5.74) is 5.85. The Morgan fingerprint density at radius 1 is 1.50 bits per heavy atom. The Morgan fingerprint density at radius 2 is 2.21 bits per heavy atom. The van der Waals surface area contributed by atoms with Crippen molar-refractivity contribution in [1.82, 2.24) is 0 Å². The molecule has 1 aromatic rings. The molecule has 0 aliphatic heterocycles. The number of aliphatic hydroxyl groups excluding tert-OH is 1. The number of benzene rings is 1. The third kappa shape index (κ3) is 2.16. The summed E-state index contributed by atoms with van der Waals surface area (Å²) in [5.74, 6) is 0.338. The van der Waals surface area contributed by atoms with Crippen molar-refractivity contribution >= 4 is 0 Å². The van der Waals surface area contributed by atoms with Gasteiger partial charge in [-0.2, -0.15) is 0 Å². The van der Waals surface area contributed by atoms with E-state index in [1.807, 2.05) is 6.92 Å². The first-order valence-corrected chi connectivity index (χ1v) is 4.53. The van der Waals surface area contributed by atoms with Gasteiger partial charge < -0.3 is 20.7 Å². The molecule has 1 atom stereocenters. The fourth-order valence-corrected chi connectivity index (χ4v) is 1.23. The first kappa shape index (κ1) is 10.8. The van der Waals surface area contributed by atoms with E-state index in [0.29, 0.717) is 17.9 Å². The van der Waals surface area contributed by atoms with Gasteiger partial charge in [-0.1, -0.05) is 12.1 Å². The van der Waals surface area contributed by atoms with Crippen LogP contribution in [0.5, 0.6) is 11.5 Å². The maximum absolute atomic E-state index is 9.55. The average Bonchev–Trinajstić information content (AvgIpc) is 2.20. The van der Waals surface area contributed by atoms with E-state index in [1.54, 1.807) is 12.1 Å². The zero-order valence-electron chi connectivity index (χ0n) is 8.10. The van der Waals surface area contributed by atoms with Crippen LogP contribution in [0.15, 0.2) is 18.2 Å². The van der Waals surface area contributed by atoms with Crippen LogP contribution in [0.3, 0.4) is 0 Å². The standard InChI is InChI=1S/C10H15NO3/c1-2-14-10-7(9(13)6-11)4-3-5-8(10)12/h3-5,9,12-13H,2,6,11H2,1H3. The number of ether oxygens (including phenoxy) is 1. The number of aromatic hydroxyl groups is 1. The summed E-state index contributed by atoms with van der Waals surface area (Å²) in [6, 6.07) is 4.84. The predicted octanol–water partition coefficient (Wildman–Crippen LogP) is 0.783. The molecule has 1 unspecified atom stereocenters. The summed E-state index contributed by atoms with van der Waals surface area (Å²) in [6.07, 6.45) is -0.802. The second-order valence-electron chi connectivity index (χ2n) is 2.88. The van der Waals surface area contributed by atoms with Crippen molar-refractivity contribution in [2.45, 2.75) is 13.0 Å². The number of aliphatic hydroxyl groups is 1. The molecule has 0 aliphatic rings. The predicted molar refractivity (Wildman–Crippen MR) is 53.3 cm³/mol. The molecule has 0 saturated carbocycles. The lowest BCUT2D eigenvalue weighted by molar-refractivity contribution is 0.179. The normalized spacial score (nSPS) is 12.5. The first-order chi connectivity index (χ1) is 6.70. The molecule has 0 aromatic heterocycles. The van der Waals surface area contributed by atoms with Crippen LogP contribution in [0.2, 0.25) is 0 Å². The van der Waals surface area contributed by atoms with Gasteiger partial charge in [0.25, 0.3) is 0 Å². The molecular weight excluding hydrogens is 182 g/mol. The molecule has 0 saturated heterocycles. The van der Waals surface area contributed by atoms with Crippen LogP contribution >= 0.6 is 0 Å². The van der Waals surface area contributed by atoms with Gasteiger partial charge in [-0.15, -0.1) is 0 Å². The van der Waals surface area contributed by atoms with Crippen LogP contribution in [0.1, 0.15) is 18.6 Å². The van der Waals surface area contributed by atoms with Crippen LogP contribution in [-0.2, 0) is 0 Å². The summed E-state index contributed by atoms with van der Waals surface area (Å²) in [5, 5.41) is 19.0. The fourth-order valence-electron chi connectivity index (χ4n) is 1.23. The van der Waals surface area contributed by atoms with Gasteiger partial charge in [0.2, 0.25) is 0 Å². The Balaban J connectivity index is 3.07. The highest BCUT2D eigenvalue weighted by molar-refractivity contribution is 5.46. The third-order valence-corrected chi connectivity index (χ3v) is 1.90. The van der Waals surface area contributed by atoms with Crippen LogP contribution < -0.4 is 10.5 Å². The maximum atomic E-state index is 9.55. The van der Waals surface area contributed by atoms with Crippen molar-refractivity contribution in [2.24, 2.45) is 5.73 Å². The van der Waals surface area contributed by atoms with Crippen LogP contribution in [0.25, 0.3) is 0 Å². The molecule has 14 heavy (non-hydrogen) atoms. The first-order valence-electron chi connectivity index (χ1n) is 4.53. The van der Waals surface area contributed by atoms with Gasteiger partial charge in [0, 0.05) is 12.1 Å². The van der Waals surface area contributed by atoms with Gasteiger partial charge in [0.15, 0.2) is 11.5 Å². The number of nitrogens with two attached hydrogens (primary N) is 1. The van der Waals surface area contributed by atoms with Crippen molar-refractivity contribution in [3.8, 4) is 11.5 Å². The van der Waals surface area contributed by atoms with Crippen molar-refractivity contribution in [1.29, 1.82) is 0 Å². The monoisotopic (exact) mass is 197 g/mol. The Hall–Kier alpha value is -1.26. The highest BCUT2D eigenvalue weighted by atomic mass is 16.5. The molecule has 78 valence electrons. The number of rotatable bonds is 4. The van der Waals surface area contributed by atoms with Gasteiger partial charge in [0.1, 0.15) is 0 Å². The second-order valence-corrected chi connectivity index (χ2v) is 2.88. The molecule has 0 amide bonds. The molecular formula is C10H15NO3. The Labute approximate surface area is 82.9 Å². The zero-order valence-corrected chi connectivity index (χ0v) is 8.10. The summed E-state index contributed by atoms with van der Waals surface area (Å²) in [7, 11) is 0. The Bertz CT molecular complexity index is 301. The van der Waals surface area contributed by atoms with E-state index in [4.69, 9.17) is 10.5 Å². The number of hydrogen-bond donors (Lipinski definition) is 3. The molecule has 1 aromatic carbocycles. The second kappa shape index (κ2) is 4.83. The van der Waals surface area contributed by atoms with Crippen molar-refractivity contribution < 1.29 is 14.9 Å². The molecule has 1 rings (SSSR count). The van der Waals surface area contributed by atoms with E-state index in [9.17, 15) is 10.2 Å². The molecule has 4 heteroatoms. The van der Waals surface area contributed by atoms with Gasteiger partial charge in [-0.25, -0.2) is 0 Å². The van der Waals surface area contributed by atoms with E-state index in [0.717, 1.165) is 0 Å². The van der Waals surface area contributed by atoms with Gasteiger partial charge >= 0.3 is 0 Å². The highest BCUT2D eigenvalue weighted by Gasteiger charge is 2.14. The lowest BCUT2D eigenvalue weighted by Crippen LogP contribution is -2.13. The molecule has 0 spiro atoms. The number of phenols is 1. The van der Waals surface area contributed by atoms with Crippen LogP contribution in [-0.4, -0.2) is 23.4 Å². The summed E-state index contributed by atoms with van der Waals surface area (Å²) in [4.78, 5) is 0. The summed E-state index contributed by atoms with van der Waals surface area (Å²) in [6.45, 7) is 2.34. The average molecular weight is 197 g/mol. The highest BCUT2D eigenvalue weighted by Crippen LogP contribution is 2.33. The lowest BCUT2D eigenvalue weighted by atomic mass is 10.1. The SMILES string of the molecule is CCOc1c(O)cccc1C(O)CN. The summed E-state index contributed by atoms with van der Waals surface area (Å²) >= 11 is 0. The minimum absolute atomic E-state index is 0.0249. The van der Waals surface area contributed by atoms with Gasteiger partial charge in [0.05, 0.1) is 12.7 Å². The fraction of sp³-hybridized carbons (Fsp3) is 0.400. The smallest absolute Gasteiger partial charge is 0.166 e. The lowest BCUT2D eigenvalue weighted by Gasteiger charge is -2.14. The number of hydrogen-bond acceptors (Lipinski definition) is 4. The molecule has 0 aliphatic carbocycles. The zero-order chi connectivity index (χ0) is 10.6. The van der Waals surface area contributed by atoms with E-state index < -0.39 is 6.10 Å². The third-order valence-electron chi connectivity index (χ3n) is 1.90. The van der Waals surface area contributed by atoms with Crippen molar-refractivity contribution in [3.63, 3.8) is 0 Å². The number of para-hydroxylation sites is 1. The molecule has 4 nitrogen and oxygen atoms in total. The molecule has 0 radical (unpaired) electrons. The van der Waals surface area contributed by atoms with Crippen molar-refractivity contribution in [3.05, 3.63) is 23.8 Å². The van der Waals surface area contributed by atoms with E-state index in [2.05, 4.69) is 0 Å². The molecule has 0 heterocycles. The van der Waals surface area contributed by atoms with Crippen molar-refractivity contribution in [2.75, 3.05) is 13.2 Å². The number of phenolic OH excluding ortho intramolecular Hbond substituents is 1. The Morgan fingerprint density at radius 3 is 2.79 bits per heavy atom. The summed E-state index contributed by atoms with van der Waals surface area (Å²) < 4.78 is 5.23. The molecule has 4 N–H and O–H groups in total. The van der Waals surface area contributed by atoms with E-state index in [1.165, 1.54) is 6.07 Å². The largest absolute Gasteiger partial charge is 0.504 e. The van der Waals surface area contributed by atoms with Crippen LogP contribution in [0.4, 0.5) is 0 Å². The topological polar surface area (TPSA) is 75.7 Å².